The van der Waals surface area contributed by atoms with E-state index in [1.807, 2.05) is 0 Å². The van der Waals surface area contributed by atoms with Crippen LogP contribution in [0.4, 0.5) is 22.0 Å². The number of hydrogen-bond donors (Lipinski definition) is 2. The van der Waals surface area contributed by atoms with Crippen molar-refractivity contribution in [3.05, 3.63) is 35.4 Å². The summed E-state index contributed by atoms with van der Waals surface area (Å²) < 4.78 is 61.7. The predicted molar refractivity (Wildman–Crippen MR) is 52.6 cm³/mol. The quantitative estimate of drug-likeness (QED) is 0.815. The van der Waals surface area contributed by atoms with Crippen molar-refractivity contribution in [2.24, 2.45) is 5.73 Å². The van der Waals surface area contributed by atoms with Crippen LogP contribution < -0.4 is 5.73 Å². The first-order valence-electron chi connectivity index (χ1n) is 4.19. The van der Waals surface area contributed by atoms with E-state index in [0.717, 1.165) is 12.1 Å². The smallest absolute Gasteiger partial charge is 0.382 e. The summed E-state index contributed by atoms with van der Waals surface area (Å²) in [6.07, 6.45) is -7.85. The van der Waals surface area contributed by atoms with Crippen LogP contribution in [-0.4, -0.2) is 17.4 Å². The van der Waals surface area contributed by atoms with E-state index in [0.29, 0.717) is 6.07 Å². The Labute approximate surface area is 99.6 Å². The molecule has 0 saturated heterocycles. The van der Waals surface area contributed by atoms with Crippen molar-refractivity contribution < 1.29 is 27.1 Å². The molecule has 17 heavy (non-hydrogen) atoms. The van der Waals surface area contributed by atoms with E-state index in [2.05, 4.69) is 0 Å². The van der Waals surface area contributed by atoms with Gasteiger partial charge in [0.2, 0.25) is 0 Å². The molecular formula is C9H9ClF5NO. The maximum Gasteiger partial charge on any atom is 0.416 e. The van der Waals surface area contributed by atoms with E-state index in [-0.39, 0.29) is 12.4 Å². The average Bonchev–Trinajstić information content (AvgIpc) is 2.14. The second-order valence-electron chi connectivity index (χ2n) is 3.18. The minimum Gasteiger partial charge on any atom is -0.382 e. The zero-order valence-electron chi connectivity index (χ0n) is 8.21. The number of rotatable bonds is 2. The maximum absolute atomic E-state index is 13.1. The van der Waals surface area contributed by atoms with Crippen molar-refractivity contribution in [3.8, 4) is 0 Å². The summed E-state index contributed by atoms with van der Waals surface area (Å²) in [5, 5.41) is 8.79. The Balaban J connectivity index is 0.00000256. The van der Waals surface area contributed by atoms with Crippen molar-refractivity contribution >= 4 is 12.4 Å². The van der Waals surface area contributed by atoms with Crippen LogP contribution in [0.1, 0.15) is 11.6 Å². The zero-order valence-corrected chi connectivity index (χ0v) is 9.03. The summed E-state index contributed by atoms with van der Waals surface area (Å²) in [5.74, 6) is -2.16. The number of alkyl halides is 3. The van der Waals surface area contributed by atoms with E-state index in [1.165, 1.54) is 0 Å². The van der Waals surface area contributed by atoms with E-state index < -0.39 is 35.5 Å². The van der Waals surface area contributed by atoms with Gasteiger partial charge in [0.1, 0.15) is 11.6 Å². The monoisotopic (exact) mass is 277 g/mol. The molecule has 0 fully saturated rings. The van der Waals surface area contributed by atoms with Crippen LogP contribution in [0.3, 0.4) is 0 Å². The molecule has 0 spiro atoms. The molecule has 0 radical (unpaired) electrons. The summed E-state index contributed by atoms with van der Waals surface area (Å²) in [6, 6.07) is -0.0511. The molecule has 98 valence electrons. The number of benzene rings is 1. The van der Waals surface area contributed by atoms with Crippen LogP contribution in [0.25, 0.3) is 0 Å². The van der Waals surface area contributed by atoms with Gasteiger partial charge in [-0.15, -0.1) is 12.4 Å². The molecule has 1 aromatic carbocycles. The van der Waals surface area contributed by atoms with Gasteiger partial charge in [-0.1, -0.05) is 6.07 Å². The molecule has 0 aromatic heterocycles. The number of halogens is 6. The molecule has 0 amide bonds. The fourth-order valence-corrected chi connectivity index (χ4v) is 1.15. The largest absolute Gasteiger partial charge is 0.416 e. The molecule has 0 heterocycles. The molecule has 0 unspecified atom stereocenters. The first kappa shape index (κ1) is 16.1. The third-order valence-electron chi connectivity index (χ3n) is 2.00. The molecular weight excluding hydrogens is 269 g/mol. The lowest BCUT2D eigenvalue weighted by Gasteiger charge is -2.21. The fourth-order valence-electron chi connectivity index (χ4n) is 1.15. The minimum absolute atomic E-state index is 0. The summed E-state index contributed by atoms with van der Waals surface area (Å²) in [7, 11) is 0. The minimum atomic E-state index is -4.96. The molecule has 2 nitrogen and oxygen atoms in total. The van der Waals surface area contributed by atoms with Gasteiger partial charge in [-0.3, -0.25) is 0 Å². The first-order valence-corrected chi connectivity index (χ1v) is 4.19. The van der Waals surface area contributed by atoms with Crippen LogP contribution in [0.5, 0.6) is 0 Å². The van der Waals surface area contributed by atoms with Crippen LogP contribution >= 0.6 is 12.4 Å². The third-order valence-corrected chi connectivity index (χ3v) is 2.00. The zero-order chi connectivity index (χ0) is 12.5. The Morgan fingerprint density at radius 1 is 1.18 bits per heavy atom. The highest BCUT2D eigenvalue weighted by Crippen LogP contribution is 2.29. The second-order valence-corrected chi connectivity index (χ2v) is 3.18. The standard InChI is InChI=1S/C9H8F5NO.ClH/c10-4-1-2-5(6(11)3-4)7(15)8(16)9(12,13)14;/h1-3,7-8,16H,15H2;1H/t7-,8-;/m1./s1. The van der Waals surface area contributed by atoms with E-state index in [4.69, 9.17) is 10.8 Å². The van der Waals surface area contributed by atoms with Crippen molar-refractivity contribution in [3.63, 3.8) is 0 Å². The van der Waals surface area contributed by atoms with Crippen molar-refractivity contribution in [2.75, 3.05) is 0 Å². The van der Waals surface area contributed by atoms with Gasteiger partial charge in [-0.2, -0.15) is 13.2 Å². The third kappa shape index (κ3) is 3.79. The van der Waals surface area contributed by atoms with Gasteiger partial charge in [0.25, 0.3) is 0 Å². The summed E-state index contributed by atoms with van der Waals surface area (Å²) >= 11 is 0. The highest BCUT2D eigenvalue weighted by atomic mass is 35.5. The highest BCUT2D eigenvalue weighted by Gasteiger charge is 2.43. The number of aliphatic hydroxyl groups excluding tert-OH is 1. The van der Waals surface area contributed by atoms with Crippen LogP contribution in [0, 0.1) is 11.6 Å². The van der Waals surface area contributed by atoms with Gasteiger partial charge in [-0.25, -0.2) is 8.78 Å². The number of nitrogens with two attached hydrogens (primary N) is 1. The molecule has 3 N–H and O–H groups in total. The van der Waals surface area contributed by atoms with Gasteiger partial charge in [-0.05, 0) is 6.07 Å². The van der Waals surface area contributed by atoms with Crippen LogP contribution in [0.2, 0.25) is 0 Å². The summed E-state index contributed by atoms with van der Waals surface area (Å²) in [5.41, 5.74) is 4.45. The van der Waals surface area contributed by atoms with Crippen molar-refractivity contribution in [1.29, 1.82) is 0 Å². The van der Waals surface area contributed by atoms with Gasteiger partial charge in [0.15, 0.2) is 6.10 Å². The van der Waals surface area contributed by atoms with E-state index in [1.54, 1.807) is 0 Å². The molecule has 0 aliphatic heterocycles. The summed E-state index contributed by atoms with van der Waals surface area (Å²) in [4.78, 5) is 0. The van der Waals surface area contributed by atoms with Gasteiger partial charge < -0.3 is 10.8 Å². The Bertz CT molecular complexity index is 384. The van der Waals surface area contributed by atoms with Crippen LogP contribution in [-0.2, 0) is 0 Å². The molecule has 1 rings (SSSR count). The lowest BCUT2D eigenvalue weighted by Crippen LogP contribution is -2.39. The topological polar surface area (TPSA) is 46.2 Å². The molecule has 0 aliphatic rings. The summed E-state index contributed by atoms with van der Waals surface area (Å²) in [6.45, 7) is 0. The average molecular weight is 278 g/mol. The maximum atomic E-state index is 13.1. The number of hydrogen-bond acceptors (Lipinski definition) is 2. The van der Waals surface area contributed by atoms with Crippen LogP contribution in [0.15, 0.2) is 18.2 Å². The Morgan fingerprint density at radius 3 is 2.12 bits per heavy atom. The first-order chi connectivity index (χ1) is 7.23. The molecule has 0 bridgehead atoms. The van der Waals surface area contributed by atoms with Crippen molar-refractivity contribution in [2.45, 2.75) is 18.3 Å². The Morgan fingerprint density at radius 2 is 1.71 bits per heavy atom. The van der Waals surface area contributed by atoms with Gasteiger partial charge in [0, 0.05) is 11.6 Å². The molecule has 2 atom stereocenters. The fraction of sp³-hybridized carbons (Fsp3) is 0.333. The predicted octanol–water partition coefficient (Wildman–Crippen LogP) is 2.31. The molecule has 0 saturated carbocycles. The van der Waals surface area contributed by atoms with Crippen molar-refractivity contribution in [1.82, 2.24) is 0 Å². The SMILES string of the molecule is Cl.N[C@H](c1ccc(F)cc1F)[C@@H](O)C(F)(F)F. The Hall–Kier alpha value is -0.920. The van der Waals surface area contributed by atoms with Gasteiger partial charge >= 0.3 is 6.18 Å². The number of aliphatic hydroxyl groups is 1. The highest BCUT2D eigenvalue weighted by molar-refractivity contribution is 5.85. The van der Waals surface area contributed by atoms with E-state index in [9.17, 15) is 22.0 Å². The molecule has 8 heteroatoms. The second kappa shape index (κ2) is 5.61. The lowest BCUT2D eigenvalue weighted by atomic mass is 10.0. The Kier molecular flexibility index (Phi) is 5.31. The van der Waals surface area contributed by atoms with E-state index >= 15 is 0 Å². The normalized spacial score (nSPS) is 15.0. The molecule has 0 aliphatic carbocycles. The molecule has 1 aromatic rings. The lowest BCUT2D eigenvalue weighted by molar-refractivity contribution is -0.210. The van der Waals surface area contributed by atoms with Gasteiger partial charge in [0.05, 0.1) is 6.04 Å².